The molecule has 0 spiro atoms. The first-order valence-corrected chi connectivity index (χ1v) is 6.90. The molecule has 1 aliphatic heterocycles. The minimum atomic E-state index is -1.05. The predicted octanol–water partition coefficient (Wildman–Crippen LogP) is 1.77. The summed E-state index contributed by atoms with van der Waals surface area (Å²) in [5.74, 6) is 0.104. The zero-order chi connectivity index (χ0) is 13.0. The molecular formula is C13H17NO3S. The van der Waals surface area contributed by atoms with Crippen LogP contribution in [0.15, 0.2) is 28.7 Å². The molecular weight excluding hydrogens is 250 g/mol. The molecule has 18 heavy (non-hydrogen) atoms. The Labute approximate surface area is 110 Å². The summed E-state index contributed by atoms with van der Waals surface area (Å²) in [7, 11) is 0. The Hall–Kier alpha value is -1.33. The van der Waals surface area contributed by atoms with Gasteiger partial charge >= 0.3 is 0 Å². The van der Waals surface area contributed by atoms with Gasteiger partial charge in [0.15, 0.2) is 5.76 Å². The Kier molecular flexibility index (Phi) is 4.04. The van der Waals surface area contributed by atoms with Crippen LogP contribution in [0.2, 0.25) is 0 Å². The molecule has 1 aromatic rings. The van der Waals surface area contributed by atoms with Gasteiger partial charge in [0.05, 0.1) is 13.2 Å². The maximum atomic E-state index is 11.8. The van der Waals surface area contributed by atoms with Crippen LogP contribution in [0.3, 0.4) is 0 Å². The van der Waals surface area contributed by atoms with Crippen LogP contribution in [0.4, 0.5) is 0 Å². The molecule has 0 saturated heterocycles. The molecule has 4 nitrogen and oxygen atoms in total. The van der Waals surface area contributed by atoms with Crippen LogP contribution in [0.5, 0.6) is 0 Å². The van der Waals surface area contributed by atoms with Crippen LogP contribution >= 0.6 is 11.3 Å². The van der Waals surface area contributed by atoms with E-state index in [0.717, 1.165) is 18.4 Å². The fourth-order valence-electron chi connectivity index (χ4n) is 1.73. The van der Waals surface area contributed by atoms with Crippen molar-refractivity contribution < 1.29 is 14.6 Å². The molecule has 1 atom stereocenters. The van der Waals surface area contributed by atoms with Crippen molar-refractivity contribution in [3.05, 3.63) is 34.2 Å². The number of allylic oxidation sites excluding steroid dienone is 1. The first-order valence-electron chi connectivity index (χ1n) is 5.96. The van der Waals surface area contributed by atoms with Crippen molar-refractivity contribution in [1.29, 1.82) is 0 Å². The number of aliphatic hydroxyl groups is 1. The third-order valence-corrected chi connectivity index (χ3v) is 3.58. The van der Waals surface area contributed by atoms with Crippen LogP contribution in [0.25, 0.3) is 0 Å². The summed E-state index contributed by atoms with van der Waals surface area (Å²) < 4.78 is 5.27. The Morgan fingerprint density at radius 3 is 3.11 bits per heavy atom. The van der Waals surface area contributed by atoms with Crippen molar-refractivity contribution in [2.75, 3.05) is 13.2 Å². The molecule has 1 aliphatic rings. The van der Waals surface area contributed by atoms with E-state index in [9.17, 15) is 9.90 Å². The molecule has 2 rings (SSSR count). The second kappa shape index (κ2) is 5.54. The molecule has 0 radical (unpaired) electrons. The number of rotatable bonds is 4. The molecule has 0 fully saturated rings. The standard InChI is InChI=1S/C13H17NO3S/c1-13(16,10-5-7-18-8-10)9-14-12(15)11-4-2-3-6-17-11/h4-5,7-8,16H,2-3,6,9H2,1H3,(H,14,15). The Morgan fingerprint density at radius 1 is 1.67 bits per heavy atom. The zero-order valence-corrected chi connectivity index (χ0v) is 11.1. The number of nitrogens with one attached hydrogen (secondary N) is 1. The van der Waals surface area contributed by atoms with Gasteiger partial charge in [-0.05, 0) is 48.2 Å². The lowest BCUT2D eigenvalue weighted by atomic mass is 9.99. The van der Waals surface area contributed by atoms with Crippen molar-refractivity contribution in [3.8, 4) is 0 Å². The van der Waals surface area contributed by atoms with Crippen LogP contribution in [0.1, 0.15) is 25.3 Å². The van der Waals surface area contributed by atoms with Gasteiger partial charge in [0.1, 0.15) is 5.60 Å². The van der Waals surface area contributed by atoms with E-state index < -0.39 is 5.60 Å². The van der Waals surface area contributed by atoms with E-state index >= 15 is 0 Å². The van der Waals surface area contributed by atoms with E-state index in [-0.39, 0.29) is 12.5 Å². The number of ether oxygens (including phenoxy) is 1. The lowest BCUT2D eigenvalue weighted by Gasteiger charge is -2.23. The van der Waals surface area contributed by atoms with Crippen LogP contribution in [-0.4, -0.2) is 24.2 Å². The molecule has 2 N–H and O–H groups in total. The molecule has 0 bridgehead atoms. The summed E-state index contributed by atoms with van der Waals surface area (Å²) in [5.41, 5.74) is -0.239. The third-order valence-electron chi connectivity index (χ3n) is 2.90. The molecule has 1 amide bonds. The molecule has 98 valence electrons. The highest BCUT2D eigenvalue weighted by Crippen LogP contribution is 2.22. The van der Waals surface area contributed by atoms with Gasteiger partial charge in [0, 0.05) is 0 Å². The van der Waals surface area contributed by atoms with Gasteiger partial charge in [0.25, 0.3) is 5.91 Å². The highest BCUT2D eigenvalue weighted by Gasteiger charge is 2.25. The highest BCUT2D eigenvalue weighted by atomic mass is 32.1. The van der Waals surface area contributed by atoms with E-state index in [1.54, 1.807) is 13.0 Å². The van der Waals surface area contributed by atoms with Crippen LogP contribution in [0, 0.1) is 0 Å². The Bertz CT molecular complexity index is 437. The van der Waals surface area contributed by atoms with Crippen LogP contribution in [-0.2, 0) is 15.1 Å². The fraction of sp³-hybridized carbons (Fsp3) is 0.462. The summed E-state index contributed by atoms with van der Waals surface area (Å²) in [6, 6.07) is 1.85. The number of carbonyl (C=O) groups is 1. The smallest absolute Gasteiger partial charge is 0.286 e. The van der Waals surface area contributed by atoms with E-state index in [1.165, 1.54) is 11.3 Å². The second-order valence-electron chi connectivity index (χ2n) is 4.53. The number of amides is 1. The number of carbonyl (C=O) groups excluding carboxylic acids is 1. The second-order valence-corrected chi connectivity index (χ2v) is 5.31. The van der Waals surface area contributed by atoms with Crippen molar-refractivity contribution in [2.45, 2.75) is 25.4 Å². The average Bonchev–Trinajstić information content (AvgIpc) is 2.92. The Morgan fingerprint density at radius 2 is 2.50 bits per heavy atom. The van der Waals surface area contributed by atoms with Crippen LogP contribution < -0.4 is 5.32 Å². The van der Waals surface area contributed by atoms with E-state index in [0.29, 0.717) is 12.4 Å². The minimum Gasteiger partial charge on any atom is -0.488 e. The molecule has 5 heteroatoms. The maximum Gasteiger partial charge on any atom is 0.286 e. The summed E-state index contributed by atoms with van der Waals surface area (Å²) in [5, 5.41) is 16.7. The molecule has 0 aromatic carbocycles. The van der Waals surface area contributed by atoms with Gasteiger partial charge in [-0.1, -0.05) is 0 Å². The lowest BCUT2D eigenvalue weighted by molar-refractivity contribution is -0.122. The molecule has 0 aliphatic carbocycles. The molecule has 2 heterocycles. The molecule has 1 unspecified atom stereocenters. The minimum absolute atomic E-state index is 0.170. The third kappa shape index (κ3) is 3.11. The van der Waals surface area contributed by atoms with E-state index in [2.05, 4.69) is 5.32 Å². The normalized spacial score (nSPS) is 18.4. The zero-order valence-electron chi connectivity index (χ0n) is 10.3. The van der Waals surface area contributed by atoms with Crippen molar-refractivity contribution in [3.63, 3.8) is 0 Å². The number of thiophene rings is 1. The van der Waals surface area contributed by atoms with E-state index in [1.807, 2.05) is 16.8 Å². The Balaban J connectivity index is 1.91. The van der Waals surface area contributed by atoms with Crippen molar-refractivity contribution in [1.82, 2.24) is 5.32 Å². The fourth-order valence-corrected chi connectivity index (χ4v) is 2.51. The van der Waals surface area contributed by atoms with Gasteiger partial charge in [-0.3, -0.25) is 4.79 Å². The van der Waals surface area contributed by atoms with Gasteiger partial charge in [-0.15, -0.1) is 0 Å². The SMILES string of the molecule is CC(O)(CNC(=O)C1=CCCCO1)c1ccsc1. The predicted molar refractivity (Wildman–Crippen MR) is 70.2 cm³/mol. The van der Waals surface area contributed by atoms with Gasteiger partial charge in [-0.25, -0.2) is 0 Å². The highest BCUT2D eigenvalue weighted by molar-refractivity contribution is 7.08. The quantitative estimate of drug-likeness (QED) is 0.874. The van der Waals surface area contributed by atoms with Crippen molar-refractivity contribution >= 4 is 17.2 Å². The van der Waals surface area contributed by atoms with Gasteiger partial charge in [-0.2, -0.15) is 11.3 Å². The average molecular weight is 267 g/mol. The summed E-state index contributed by atoms with van der Waals surface area (Å²) in [6.07, 6.45) is 3.60. The van der Waals surface area contributed by atoms with E-state index in [4.69, 9.17) is 4.74 Å². The first kappa shape index (κ1) is 13.1. The largest absolute Gasteiger partial charge is 0.488 e. The number of hydrogen-bond acceptors (Lipinski definition) is 4. The first-order chi connectivity index (χ1) is 8.59. The van der Waals surface area contributed by atoms with Gasteiger partial charge < -0.3 is 15.2 Å². The topological polar surface area (TPSA) is 58.6 Å². The summed E-state index contributed by atoms with van der Waals surface area (Å²) in [4.78, 5) is 11.8. The summed E-state index contributed by atoms with van der Waals surface area (Å²) in [6.45, 7) is 2.44. The molecule has 1 aromatic heterocycles. The number of hydrogen-bond donors (Lipinski definition) is 2. The monoisotopic (exact) mass is 267 g/mol. The van der Waals surface area contributed by atoms with Crippen molar-refractivity contribution in [2.24, 2.45) is 0 Å². The molecule has 0 saturated carbocycles. The maximum absolute atomic E-state index is 11.8. The lowest BCUT2D eigenvalue weighted by Crippen LogP contribution is -2.39. The van der Waals surface area contributed by atoms with Gasteiger partial charge in [0.2, 0.25) is 0 Å². The summed E-state index contributed by atoms with van der Waals surface area (Å²) >= 11 is 1.52.